The Morgan fingerprint density at radius 2 is 1.41 bits per heavy atom. The van der Waals surface area contributed by atoms with Gasteiger partial charge in [-0.1, -0.05) is 0 Å². The standard InChI is InChI=1S/C19H18N2O6/c1-4-26-18(24)11-7-20-14-10(16(11)22)6-9(3)13-15(14)21-8-12(17(13)23)19(25)27-5-2/h6-8H,4-5H2,1-3H3,(H,20,22)(H,21,23). The molecule has 0 saturated heterocycles. The van der Waals surface area contributed by atoms with Crippen LogP contribution in [0.5, 0.6) is 0 Å². The number of nitrogens with one attached hydrogen (secondary N) is 2. The lowest BCUT2D eigenvalue weighted by Crippen LogP contribution is -2.21. The van der Waals surface area contributed by atoms with Crippen molar-refractivity contribution in [3.05, 3.63) is 55.6 Å². The first-order valence-corrected chi connectivity index (χ1v) is 8.45. The number of H-pyrrole nitrogens is 2. The minimum atomic E-state index is -0.718. The van der Waals surface area contributed by atoms with Gasteiger partial charge >= 0.3 is 11.9 Å². The molecule has 0 saturated carbocycles. The first-order valence-electron chi connectivity index (χ1n) is 8.45. The van der Waals surface area contributed by atoms with Crippen molar-refractivity contribution >= 4 is 33.7 Å². The maximum atomic E-state index is 12.8. The molecule has 3 rings (SSSR count). The van der Waals surface area contributed by atoms with Gasteiger partial charge < -0.3 is 19.4 Å². The Hall–Kier alpha value is -3.42. The first kappa shape index (κ1) is 18.4. The summed E-state index contributed by atoms with van der Waals surface area (Å²) in [6.07, 6.45) is 2.52. The Balaban J connectivity index is 2.33. The Morgan fingerprint density at radius 3 is 1.96 bits per heavy atom. The zero-order chi connectivity index (χ0) is 19.7. The molecular formula is C19H18N2O6. The summed E-state index contributed by atoms with van der Waals surface area (Å²) in [6.45, 7) is 5.25. The first-order chi connectivity index (χ1) is 12.9. The number of carbonyl (C=O) groups is 2. The summed E-state index contributed by atoms with van der Waals surface area (Å²) in [6, 6.07) is 1.52. The van der Waals surface area contributed by atoms with Crippen LogP contribution in [0.25, 0.3) is 21.8 Å². The van der Waals surface area contributed by atoms with Crippen molar-refractivity contribution in [1.29, 1.82) is 0 Å². The molecule has 2 heterocycles. The number of benzene rings is 1. The molecule has 0 bridgehead atoms. The predicted octanol–water partition coefficient (Wildman–Crippen LogP) is 2.03. The summed E-state index contributed by atoms with van der Waals surface area (Å²) in [5.41, 5.74) is 0.0124. The van der Waals surface area contributed by atoms with E-state index in [2.05, 4.69) is 9.97 Å². The normalized spacial score (nSPS) is 10.9. The Morgan fingerprint density at radius 1 is 0.889 bits per heavy atom. The third kappa shape index (κ3) is 2.99. The van der Waals surface area contributed by atoms with Gasteiger partial charge in [0.25, 0.3) is 0 Å². The van der Waals surface area contributed by atoms with Crippen LogP contribution in [0.4, 0.5) is 0 Å². The van der Waals surface area contributed by atoms with Gasteiger partial charge in [-0.2, -0.15) is 0 Å². The largest absolute Gasteiger partial charge is 0.462 e. The van der Waals surface area contributed by atoms with Gasteiger partial charge in [-0.3, -0.25) is 9.59 Å². The lowest BCUT2D eigenvalue weighted by Gasteiger charge is -2.10. The molecule has 0 aliphatic heterocycles. The number of carbonyl (C=O) groups excluding carboxylic acids is 2. The molecule has 0 spiro atoms. The van der Waals surface area contributed by atoms with E-state index in [1.54, 1.807) is 20.8 Å². The van der Waals surface area contributed by atoms with Gasteiger partial charge in [-0.25, -0.2) is 9.59 Å². The highest BCUT2D eigenvalue weighted by molar-refractivity contribution is 6.07. The molecule has 0 unspecified atom stereocenters. The molecule has 0 radical (unpaired) electrons. The third-order valence-corrected chi connectivity index (χ3v) is 4.20. The van der Waals surface area contributed by atoms with Crippen LogP contribution in [0.2, 0.25) is 0 Å². The molecule has 3 aromatic rings. The van der Waals surface area contributed by atoms with Crippen molar-refractivity contribution < 1.29 is 19.1 Å². The maximum Gasteiger partial charge on any atom is 0.343 e. The van der Waals surface area contributed by atoms with Gasteiger partial charge in [0.1, 0.15) is 11.1 Å². The summed E-state index contributed by atoms with van der Waals surface area (Å²) in [5.74, 6) is -1.43. The molecule has 2 N–H and O–H groups in total. The average Bonchev–Trinajstić information content (AvgIpc) is 2.63. The number of ether oxygens (including phenoxy) is 2. The molecule has 1 aromatic carbocycles. The number of aryl methyl sites for hydroxylation is 1. The molecule has 0 amide bonds. The lowest BCUT2D eigenvalue weighted by molar-refractivity contribution is 0.0515. The zero-order valence-electron chi connectivity index (χ0n) is 15.1. The number of hydrogen-bond acceptors (Lipinski definition) is 6. The highest BCUT2D eigenvalue weighted by Gasteiger charge is 2.20. The molecule has 0 aliphatic rings. The van der Waals surface area contributed by atoms with E-state index in [0.717, 1.165) is 0 Å². The van der Waals surface area contributed by atoms with Crippen LogP contribution < -0.4 is 10.9 Å². The highest BCUT2D eigenvalue weighted by atomic mass is 16.5. The van der Waals surface area contributed by atoms with Gasteiger partial charge in [0.15, 0.2) is 0 Å². The smallest absolute Gasteiger partial charge is 0.343 e. The van der Waals surface area contributed by atoms with Crippen LogP contribution >= 0.6 is 0 Å². The van der Waals surface area contributed by atoms with E-state index in [0.29, 0.717) is 16.6 Å². The monoisotopic (exact) mass is 370 g/mol. The minimum absolute atomic E-state index is 0.114. The Labute approximate surface area is 153 Å². The summed E-state index contributed by atoms with van der Waals surface area (Å²) in [5, 5.41) is 0.512. The van der Waals surface area contributed by atoms with Gasteiger partial charge in [0.05, 0.1) is 29.6 Å². The van der Waals surface area contributed by atoms with Crippen LogP contribution in [0.1, 0.15) is 40.1 Å². The van der Waals surface area contributed by atoms with Crippen molar-refractivity contribution in [2.75, 3.05) is 13.2 Å². The van der Waals surface area contributed by atoms with E-state index in [1.807, 2.05) is 0 Å². The second-order valence-electron chi connectivity index (χ2n) is 5.87. The average molecular weight is 370 g/mol. The topological polar surface area (TPSA) is 118 Å². The van der Waals surface area contributed by atoms with Crippen molar-refractivity contribution in [3.8, 4) is 0 Å². The molecule has 2 aromatic heterocycles. The number of rotatable bonds is 4. The summed E-state index contributed by atoms with van der Waals surface area (Å²) < 4.78 is 9.79. The minimum Gasteiger partial charge on any atom is -0.462 e. The Kier molecular flexibility index (Phi) is 4.81. The van der Waals surface area contributed by atoms with Crippen molar-refractivity contribution in [2.24, 2.45) is 0 Å². The maximum absolute atomic E-state index is 12.8. The van der Waals surface area contributed by atoms with Crippen LogP contribution in [-0.2, 0) is 9.47 Å². The fourth-order valence-corrected chi connectivity index (χ4v) is 3.00. The van der Waals surface area contributed by atoms with Gasteiger partial charge in [-0.15, -0.1) is 0 Å². The van der Waals surface area contributed by atoms with Crippen LogP contribution in [0, 0.1) is 6.92 Å². The van der Waals surface area contributed by atoms with Crippen molar-refractivity contribution in [3.63, 3.8) is 0 Å². The number of pyridine rings is 2. The van der Waals surface area contributed by atoms with Crippen LogP contribution in [0.15, 0.2) is 28.0 Å². The molecular weight excluding hydrogens is 352 g/mol. The SMILES string of the molecule is CCOC(=O)c1c[nH]c2c(cc(C)c3c(=O)c(C(=O)OCC)c[nH]c32)c1=O. The van der Waals surface area contributed by atoms with E-state index in [1.165, 1.54) is 18.5 Å². The molecule has 27 heavy (non-hydrogen) atoms. The fourth-order valence-electron chi connectivity index (χ4n) is 3.00. The summed E-state index contributed by atoms with van der Waals surface area (Å²) in [4.78, 5) is 55.2. The van der Waals surface area contributed by atoms with Crippen LogP contribution in [-0.4, -0.2) is 35.1 Å². The predicted molar refractivity (Wildman–Crippen MR) is 99.3 cm³/mol. The number of hydrogen-bond donors (Lipinski definition) is 2. The Bertz CT molecular complexity index is 1190. The fraction of sp³-hybridized carbons (Fsp3) is 0.263. The molecule has 8 heteroatoms. The van der Waals surface area contributed by atoms with E-state index < -0.39 is 22.8 Å². The summed E-state index contributed by atoms with van der Waals surface area (Å²) in [7, 11) is 0. The lowest BCUT2D eigenvalue weighted by atomic mass is 10.0. The van der Waals surface area contributed by atoms with E-state index in [9.17, 15) is 19.2 Å². The third-order valence-electron chi connectivity index (χ3n) is 4.20. The molecule has 0 fully saturated rings. The number of aromatic nitrogens is 2. The van der Waals surface area contributed by atoms with Gasteiger partial charge in [-0.05, 0) is 32.4 Å². The molecule has 0 atom stereocenters. The number of fused-ring (bicyclic) bond motifs is 3. The number of aromatic amines is 2. The molecule has 140 valence electrons. The summed E-state index contributed by atoms with van der Waals surface area (Å²) >= 11 is 0. The van der Waals surface area contributed by atoms with Crippen molar-refractivity contribution in [2.45, 2.75) is 20.8 Å². The molecule has 8 nitrogen and oxygen atoms in total. The van der Waals surface area contributed by atoms with E-state index in [4.69, 9.17) is 9.47 Å². The van der Waals surface area contributed by atoms with Gasteiger partial charge in [0, 0.05) is 17.8 Å². The van der Waals surface area contributed by atoms with E-state index in [-0.39, 0.29) is 35.1 Å². The number of esters is 2. The quantitative estimate of drug-likeness (QED) is 0.536. The second-order valence-corrected chi connectivity index (χ2v) is 5.87. The van der Waals surface area contributed by atoms with Gasteiger partial charge in [0.2, 0.25) is 10.9 Å². The highest BCUT2D eigenvalue weighted by Crippen LogP contribution is 2.22. The van der Waals surface area contributed by atoms with Crippen LogP contribution in [0.3, 0.4) is 0 Å². The zero-order valence-corrected chi connectivity index (χ0v) is 15.1. The van der Waals surface area contributed by atoms with Crippen molar-refractivity contribution in [1.82, 2.24) is 9.97 Å². The van der Waals surface area contributed by atoms with E-state index >= 15 is 0 Å². The molecule has 0 aliphatic carbocycles. The second kappa shape index (κ2) is 7.06.